The summed E-state index contributed by atoms with van der Waals surface area (Å²) in [5.41, 5.74) is 1.12. The Balaban J connectivity index is 1.45. The average Bonchev–Trinajstić information content (AvgIpc) is 2.80. The van der Waals surface area contributed by atoms with Gasteiger partial charge in [0.1, 0.15) is 11.6 Å². The molecule has 1 aliphatic heterocycles. The second-order valence-electron chi connectivity index (χ2n) is 7.95. The smallest absolute Gasteiger partial charge is 0.241 e. The first kappa shape index (κ1) is 24.0. The fraction of sp³-hybridized carbons (Fsp3) is 0.417. The molecule has 8 heteroatoms. The predicted octanol–water partition coefficient (Wildman–Crippen LogP) is 3.89. The molecule has 172 valence electrons. The van der Waals surface area contributed by atoms with Crippen LogP contribution in [0.3, 0.4) is 0 Å². The second kappa shape index (κ2) is 11.3. The third-order valence-electron chi connectivity index (χ3n) is 5.90. The lowest BCUT2D eigenvalue weighted by Crippen LogP contribution is -2.48. The van der Waals surface area contributed by atoms with Gasteiger partial charge >= 0.3 is 0 Å². The average molecular weight is 462 g/mol. The van der Waals surface area contributed by atoms with Crippen LogP contribution in [0.4, 0.5) is 10.1 Å². The van der Waals surface area contributed by atoms with Crippen LogP contribution in [0.2, 0.25) is 5.02 Å². The molecule has 1 aliphatic rings. The fourth-order valence-corrected chi connectivity index (χ4v) is 4.07. The van der Waals surface area contributed by atoms with Gasteiger partial charge in [-0.1, -0.05) is 29.8 Å². The monoisotopic (exact) mass is 461 g/mol. The molecule has 0 saturated carbocycles. The highest BCUT2D eigenvalue weighted by Gasteiger charge is 2.30. The molecule has 2 amide bonds. The minimum absolute atomic E-state index is 0.0123. The molecule has 2 aromatic rings. The molecule has 0 bridgehead atoms. The molecular weight excluding hydrogens is 433 g/mol. The summed E-state index contributed by atoms with van der Waals surface area (Å²) in [5.74, 6) is 0.0219. The number of nitrogens with zero attached hydrogens (tertiary/aromatic N) is 1. The van der Waals surface area contributed by atoms with Gasteiger partial charge in [-0.2, -0.15) is 0 Å². The van der Waals surface area contributed by atoms with Gasteiger partial charge < -0.3 is 15.4 Å². The van der Waals surface area contributed by atoms with E-state index in [-0.39, 0.29) is 29.6 Å². The molecule has 1 unspecified atom stereocenters. The number of piperidine rings is 1. The Labute approximate surface area is 193 Å². The number of benzene rings is 2. The van der Waals surface area contributed by atoms with Crippen LogP contribution in [0.1, 0.15) is 25.3 Å². The van der Waals surface area contributed by atoms with E-state index in [0.717, 1.165) is 0 Å². The van der Waals surface area contributed by atoms with Gasteiger partial charge in [-0.25, -0.2) is 4.39 Å². The van der Waals surface area contributed by atoms with E-state index in [4.69, 9.17) is 16.3 Å². The molecule has 1 fully saturated rings. The van der Waals surface area contributed by atoms with Crippen molar-refractivity contribution in [2.24, 2.45) is 5.92 Å². The number of hydrogen-bond acceptors (Lipinski definition) is 4. The first-order chi connectivity index (χ1) is 15.4. The molecule has 0 radical (unpaired) electrons. The van der Waals surface area contributed by atoms with E-state index in [2.05, 4.69) is 15.5 Å². The summed E-state index contributed by atoms with van der Waals surface area (Å²) < 4.78 is 19.0. The Kier molecular flexibility index (Phi) is 8.47. The Bertz CT molecular complexity index is 948. The minimum Gasteiger partial charge on any atom is -0.495 e. The standard InChI is InChI=1S/C24H29ClFN3O3/c1-16(23(30)28-21-15-19(25)7-8-22(21)32-2)29-13-10-18(11-14-29)24(31)27-12-9-17-5-3-4-6-20(17)26/h3-8,15-16,18H,9-14H2,1-2H3,(H,27,31)(H,28,30). The number of amides is 2. The minimum atomic E-state index is -0.358. The lowest BCUT2D eigenvalue weighted by atomic mass is 9.94. The van der Waals surface area contributed by atoms with Crippen LogP contribution < -0.4 is 15.4 Å². The van der Waals surface area contributed by atoms with Crippen LogP contribution in [0, 0.1) is 11.7 Å². The van der Waals surface area contributed by atoms with Gasteiger partial charge in [0.2, 0.25) is 11.8 Å². The number of halogens is 2. The SMILES string of the molecule is COc1ccc(Cl)cc1NC(=O)C(C)N1CCC(C(=O)NCCc2ccccc2F)CC1. The highest BCUT2D eigenvalue weighted by molar-refractivity contribution is 6.31. The molecule has 0 aromatic heterocycles. The number of anilines is 1. The number of hydrogen-bond donors (Lipinski definition) is 2. The third-order valence-corrected chi connectivity index (χ3v) is 6.13. The van der Waals surface area contributed by atoms with E-state index in [0.29, 0.717) is 60.9 Å². The van der Waals surface area contributed by atoms with Crippen molar-refractivity contribution in [1.29, 1.82) is 0 Å². The maximum atomic E-state index is 13.7. The molecule has 3 rings (SSSR count). The summed E-state index contributed by atoms with van der Waals surface area (Å²) in [6.45, 7) is 3.54. The topological polar surface area (TPSA) is 70.7 Å². The fourth-order valence-electron chi connectivity index (χ4n) is 3.90. The number of methoxy groups -OCH3 is 1. The van der Waals surface area contributed by atoms with E-state index in [1.165, 1.54) is 13.2 Å². The van der Waals surface area contributed by atoms with Crippen LogP contribution in [0.5, 0.6) is 5.75 Å². The molecule has 2 N–H and O–H groups in total. The zero-order valence-corrected chi connectivity index (χ0v) is 19.1. The van der Waals surface area contributed by atoms with Crippen molar-refractivity contribution in [1.82, 2.24) is 10.2 Å². The molecular formula is C24H29ClFN3O3. The molecule has 1 heterocycles. The van der Waals surface area contributed by atoms with Gasteiger partial charge in [0, 0.05) is 17.5 Å². The van der Waals surface area contributed by atoms with E-state index in [9.17, 15) is 14.0 Å². The van der Waals surface area contributed by atoms with Gasteiger partial charge in [0.25, 0.3) is 0 Å². The maximum absolute atomic E-state index is 13.7. The van der Waals surface area contributed by atoms with Crippen LogP contribution in [0.15, 0.2) is 42.5 Å². The highest BCUT2D eigenvalue weighted by atomic mass is 35.5. The third kappa shape index (κ3) is 6.20. The number of rotatable bonds is 8. The summed E-state index contributed by atoms with van der Waals surface area (Å²) >= 11 is 6.04. The number of ether oxygens (including phenoxy) is 1. The van der Waals surface area contributed by atoms with Gasteiger partial charge in [-0.3, -0.25) is 14.5 Å². The summed E-state index contributed by atoms with van der Waals surface area (Å²) in [7, 11) is 1.54. The van der Waals surface area contributed by atoms with Crippen molar-refractivity contribution in [3.8, 4) is 5.75 Å². The number of likely N-dealkylation sites (tertiary alicyclic amines) is 1. The molecule has 1 saturated heterocycles. The normalized spacial score (nSPS) is 15.8. The van der Waals surface area contributed by atoms with Crippen LogP contribution in [-0.2, 0) is 16.0 Å². The molecule has 0 aliphatic carbocycles. The number of carbonyl (C=O) groups excluding carboxylic acids is 2. The van der Waals surface area contributed by atoms with Crippen molar-refractivity contribution >= 4 is 29.1 Å². The molecule has 1 atom stereocenters. The Morgan fingerprint density at radius 3 is 2.62 bits per heavy atom. The van der Waals surface area contributed by atoms with Crippen molar-refractivity contribution in [2.75, 3.05) is 32.1 Å². The summed E-state index contributed by atoms with van der Waals surface area (Å²) in [6.07, 6.45) is 1.80. The Hall–Kier alpha value is -2.64. The first-order valence-electron chi connectivity index (χ1n) is 10.8. The quantitative estimate of drug-likeness (QED) is 0.625. The lowest BCUT2D eigenvalue weighted by molar-refractivity contribution is -0.127. The van der Waals surface area contributed by atoms with Crippen molar-refractivity contribution in [3.63, 3.8) is 0 Å². The summed E-state index contributed by atoms with van der Waals surface area (Å²) in [4.78, 5) is 27.3. The van der Waals surface area contributed by atoms with Gasteiger partial charge in [0.05, 0.1) is 18.8 Å². The maximum Gasteiger partial charge on any atom is 0.241 e. The van der Waals surface area contributed by atoms with Crippen molar-refractivity contribution in [3.05, 3.63) is 58.9 Å². The van der Waals surface area contributed by atoms with Gasteiger partial charge in [-0.15, -0.1) is 0 Å². The predicted molar refractivity (Wildman–Crippen MR) is 124 cm³/mol. The first-order valence-corrected chi connectivity index (χ1v) is 11.2. The summed E-state index contributed by atoms with van der Waals surface area (Å²) in [6, 6.07) is 11.3. The van der Waals surface area contributed by atoms with Crippen molar-refractivity contribution in [2.45, 2.75) is 32.2 Å². The van der Waals surface area contributed by atoms with Gasteiger partial charge in [0.15, 0.2) is 0 Å². The lowest BCUT2D eigenvalue weighted by Gasteiger charge is -2.34. The molecule has 32 heavy (non-hydrogen) atoms. The molecule has 6 nitrogen and oxygen atoms in total. The largest absolute Gasteiger partial charge is 0.495 e. The van der Waals surface area contributed by atoms with E-state index >= 15 is 0 Å². The van der Waals surface area contributed by atoms with Crippen molar-refractivity contribution < 1.29 is 18.7 Å². The summed E-state index contributed by atoms with van der Waals surface area (Å²) in [5, 5.41) is 6.31. The second-order valence-corrected chi connectivity index (χ2v) is 8.39. The van der Waals surface area contributed by atoms with E-state index in [1.807, 2.05) is 6.92 Å². The van der Waals surface area contributed by atoms with Crippen LogP contribution >= 0.6 is 11.6 Å². The van der Waals surface area contributed by atoms with Crippen LogP contribution in [-0.4, -0.2) is 49.5 Å². The Morgan fingerprint density at radius 2 is 1.94 bits per heavy atom. The zero-order chi connectivity index (χ0) is 23.1. The van der Waals surface area contributed by atoms with E-state index in [1.54, 1.807) is 36.4 Å². The highest BCUT2D eigenvalue weighted by Crippen LogP contribution is 2.28. The number of carbonyl (C=O) groups is 2. The Morgan fingerprint density at radius 1 is 1.22 bits per heavy atom. The molecule has 0 spiro atoms. The number of nitrogens with one attached hydrogen (secondary N) is 2. The zero-order valence-electron chi connectivity index (χ0n) is 18.4. The van der Waals surface area contributed by atoms with E-state index < -0.39 is 0 Å². The molecule has 2 aromatic carbocycles. The van der Waals surface area contributed by atoms with Crippen LogP contribution in [0.25, 0.3) is 0 Å². The van der Waals surface area contributed by atoms with Gasteiger partial charge in [-0.05, 0) is 69.1 Å².